The zero-order chi connectivity index (χ0) is 7.72. The summed E-state index contributed by atoms with van der Waals surface area (Å²) in [6, 6.07) is 0. The average molecular weight is 220 g/mol. The lowest BCUT2D eigenvalue weighted by Gasteiger charge is -1.97. The van der Waals surface area contributed by atoms with Crippen molar-refractivity contribution >= 4 is 28.6 Å². The Morgan fingerprint density at radius 1 is 1.70 bits per heavy atom. The number of thiol groups is 1. The minimum absolute atomic E-state index is 0.149. The first-order chi connectivity index (χ1) is 4.63. The molecule has 0 bridgehead atoms. The molecule has 10 heavy (non-hydrogen) atoms. The van der Waals surface area contributed by atoms with Gasteiger partial charge in [0.1, 0.15) is 0 Å². The molecular formula is C6H6BrNOS. The van der Waals surface area contributed by atoms with Crippen LogP contribution in [0.3, 0.4) is 0 Å². The number of hydrogen-bond donors (Lipinski definition) is 2. The van der Waals surface area contributed by atoms with Gasteiger partial charge in [-0.05, 0) is 28.4 Å². The summed E-state index contributed by atoms with van der Waals surface area (Å²) < 4.78 is 0.872. The van der Waals surface area contributed by atoms with Crippen molar-refractivity contribution < 1.29 is 0 Å². The number of hydrogen-bond acceptors (Lipinski definition) is 2. The molecule has 1 N–H and O–H groups in total. The minimum atomic E-state index is -0.149. The smallest absolute Gasteiger partial charge is 0.261 e. The molecule has 0 radical (unpaired) electrons. The van der Waals surface area contributed by atoms with Gasteiger partial charge in [0.05, 0.1) is 4.90 Å². The molecule has 0 unspecified atom stereocenters. The van der Waals surface area contributed by atoms with Crippen LogP contribution in [-0.4, -0.2) is 4.98 Å². The summed E-state index contributed by atoms with van der Waals surface area (Å²) in [6.07, 6.45) is 1.61. The van der Waals surface area contributed by atoms with Crippen LogP contribution in [0.2, 0.25) is 0 Å². The lowest BCUT2D eigenvalue weighted by Crippen LogP contribution is -2.07. The second kappa shape index (κ2) is 2.80. The Bertz CT molecular complexity index is 307. The molecule has 0 aliphatic rings. The van der Waals surface area contributed by atoms with Crippen LogP contribution in [0, 0.1) is 6.92 Å². The summed E-state index contributed by atoms with van der Waals surface area (Å²) >= 11 is 7.27. The molecule has 0 spiro atoms. The van der Waals surface area contributed by atoms with E-state index < -0.39 is 0 Å². The van der Waals surface area contributed by atoms with Crippen molar-refractivity contribution in [3.05, 3.63) is 26.6 Å². The third kappa shape index (κ3) is 1.27. The summed E-state index contributed by atoms with van der Waals surface area (Å²) in [6.45, 7) is 1.83. The van der Waals surface area contributed by atoms with Crippen LogP contribution in [0.4, 0.5) is 0 Å². The molecular weight excluding hydrogens is 214 g/mol. The van der Waals surface area contributed by atoms with E-state index in [9.17, 15) is 4.79 Å². The van der Waals surface area contributed by atoms with Gasteiger partial charge in [-0.3, -0.25) is 4.79 Å². The predicted octanol–water partition coefficient (Wildman–Crippen LogP) is 1.73. The minimum Gasteiger partial charge on any atom is -0.327 e. The maximum atomic E-state index is 10.8. The van der Waals surface area contributed by atoms with E-state index in [4.69, 9.17) is 0 Å². The standard InChI is InChI=1S/C6H6BrNOS/c1-3-4(7)2-8-6(9)5(3)10/h2,10H,1H3,(H,8,9). The molecule has 0 aliphatic heterocycles. The Balaban J connectivity index is 3.49. The Hall–Kier alpha value is -0.220. The number of rotatable bonds is 0. The van der Waals surface area contributed by atoms with Crippen molar-refractivity contribution in [3.63, 3.8) is 0 Å². The highest BCUT2D eigenvalue weighted by Crippen LogP contribution is 2.16. The molecule has 0 fully saturated rings. The summed E-state index contributed by atoms with van der Waals surface area (Å²) in [4.78, 5) is 13.8. The molecule has 4 heteroatoms. The van der Waals surface area contributed by atoms with Crippen molar-refractivity contribution in [3.8, 4) is 0 Å². The number of aromatic nitrogens is 1. The van der Waals surface area contributed by atoms with Gasteiger partial charge in [0.25, 0.3) is 5.56 Å². The van der Waals surface area contributed by atoms with Crippen LogP contribution < -0.4 is 5.56 Å². The number of nitrogens with one attached hydrogen (secondary N) is 1. The maximum Gasteiger partial charge on any atom is 0.261 e. The lowest BCUT2D eigenvalue weighted by molar-refractivity contribution is 1.09. The van der Waals surface area contributed by atoms with E-state index in [0.717, 1.165) is 10.0 Å². The van der Waals surface area contributed by atoms with Crippen molar-refractivity contribution in [2.24, 2.45) is 0 Å². The molecule has 1 aromatic heterocycles. The molecule has 0 saturated heterocycles. The van der Waals surface area contributed by atoms with E-state index in [1.54, 1.807) is 6.20 Å². The molecule has 1 rings (SSSR count). The quantitative estimate of drug-likeness (QED) is 0.641. The van der Waals surface area contributed by atoms with Crippen LogP contribution in [0.15, 0.2) is 20.4 Å². The van der Waals surface area contributed by atoms with Crippen molar-refractivity contribution in [2.75, 3.05) is 0 Å². The van der Waals surface area contributed by atoms with E-state index in [-0.39, 0.29) is 5.56 Å². The topological polar surface area (TPSA) is 32.9 Å². The van der Waals surface area contributed by atoms with Gasteiger partial charge in [0.15, 0.2) is 0 Å². The van der Waals surface area contributed by atoms with E-state index in [0.29, 0.717) is 4.90 Å². The van der Waals surface area contributed by atoms with Crippen molar-refractivity contribution in [1.29, 1.82) is 0 Å². The largest absolute Gasteiger partial charge is 0.327 e. The van der Waals surface area contributed by atoms with Crippen LogP contribution in [0.1, 0.15) is 5.56 Å². The van der Waals surface area contributed by atoms with Gasteiger partial charge < -0.3 is 4.98 Å². The Morgan fingerprint density at radius 2 is 2.30 bits per heavy atom. The van der Waals surface area contributed by atoms with Gasteiger partial charge >= 0.3 is 0 Å². The van der Waals surface area contributed by atoms with E-state index >= 15 is 0 Å². The average Bonchev–Trinajstić information content (AvgIpc) is 1.93. The summed E-state index contributed by atoms with van der Waals surface area (Å²) in [5, 5.41) is 0. The fourth-order valence-electron chi connectivity index (χ4n) is 0.589. The Morgan fingerprint density at radius 3 is 2.80 bits per heavy atom. The number of pyridine rings is 1. The SMILES string of the molecule is Cc1c(Br)c[nH]c(=O)c1S. The second-order valence-electron chi connectivity index (χ2n) is 1.94. The van der Waals surface area contributed by atoms with Crippen LogP contribution in [0.25, 0.3) is 0 Å². The molecule has 2 nitrogen and oxygen atoms in total. The fourth-order valence-corrected chi connectivity index (χ4v) is 1.24. The molecule has 0 amide bonds. The molecule has 0 aromatic carbocycles. The maximum absolute atomic E-state index is 10.8. The van der Waals surface area contributed by atoms with Gasteiger partial charge in [-0.15, -0.1) is 12.6 Å². The highest BCUT2D eigenvalue weighted by atomic mass is 79.9. The third-order valence-electron chi connectivity index (χ3n) is 1.26. The Labute approximate surface area is 72.2 Å². The summed E-state index contributed by atoms with van der Waals surface area (Å²) in [5.41, 5.74) is 0.719. The first-order valence-corrected chi connectivity index (χ1v) is 3.93. The zero-order valence-electron chi connectivity index (χ0n) is 5.31. The lowest BCUT2D eigenvalue weighted by atomic mass is 10.3. The fraction of sp³-hybridized carbons (Fsp3) is 0.167. The van der Waals surface area contributed by atoms with Gasteiger partial charge in [0.2, 0.25) is 0 Å². The van der Waals surface area contributed by atoms with Crippen molar-refractivity contribution in [2.45, 2.75) is 11.8 Å². The molecule has 54 valence electrons. The molecule has 1 aromatic rings. The van der Waals surface area contributed by atoms with E-state index in [1.807, 2.05) is 6.92 Å². The van der Waals surface area contributed by atoms with E-state index in [1.165, 1.54) is 0 Å². The van der Waals surface area contributed by atoms with E-state index in [2.05, 4.69) is 33.5 Å². The van der Waals surface area contributed by atoms with Crippen LogP contribution in [0.5, 0.6) is 0 Å². The predicted molar refractivity (Wildman–Crippen MR) is 46.8 cm³/mol. The number of aromatic amines is 1. The van der Waals surface area contributed by atoms with Gasteiger partial charge in [-0.25, -0.2) is 0 Å². The highest BCUT2D eigenvalue weighted by Gasteiger charge is 2.00. The second-order valence-corrected chi connectivity index (χ2v) is 3.24. The van der Waals surface area contributed by atoms with Crippen molar-refractivity contribution in [1.82, 2.24) is 4.98 Å². The summed E-state index contributed by atoms with van der Waals surface area (Å²) in [5.74, 6) is 0. The van der Waals surface area contributed by atoms with Crippen LogP contribution >= 0.6 is 28.6 Å². The zero-order valence-corrected chi connectivity index (χ0v) is 7.79. The Kier molecular flexibility index (Phi) is 2.21. The number of halogens is 1. The van der Waals surface area contributed by atoms with Gasteiger partial charge in [0, 0.05) is 10.7 Å². The molecule has 0 atom stereocenters. The number of H-pyrrole nitrogens is 1. The summed E-state index contributed by atoms with van der Waals surface area (Å²) in [7, 11) is 0. The van der Waals surface area contributed by atoms with Crippen LogP contribution in [-0.2, 0) is 0 Å². The first kappa shape index (κ1) is 7.88. The van der Waals surface area contributed by atoms with Gasteiger partial charge in [-0.1, -0.05) is 0 Å². The first-order valence-electron chi connectivity index (χ1n) is 2.69. The third-order valence-corrected chi connectivity index (χ3v) is 2.62. The molecule has 1 heterocycles. The molecule has 0 saturated carbocycles. The molecule has 0 aliphatic carbocycles. The highest BCUT2D eigenvalue weighted by molar-refractivity contribution is 9.10. The van der Waals surface area contributed by atoms with Gasteiger partial charge in [-0.2, -0.15) is 0 Å². The normalized spacial score (nSPS) is 9.90. The monoisotopic (exact) mass is 219 g/mol.